The molecule has 1 unspecified atom stereocenters. The van der Waals surface area contributed by atoms with Crippen LogP contribution < -0.4 is 0 Å². The van der Waals surface area contributed by atoms with E-state index in [9.17, 15) is 19.3 Å². The first kappa shape index (κ1) is 48.5. The lowest BCUT2D eigenvalue weighted by Gasteiger charge is -2.18. The van der Waals surface area contributed by atoms with Crippen LogP contribution >= 0.6 is 7.82 Å². The van der Waals surface area contributed by atoms with Gasteiger partial charge in [-0.15, -0.1) is 0 Å². The molecule has 3 N–H and O–H groups in total. The van der Waals surface area contributed by atoms with Crippen LogP contribution in [0.2, 0.25) is 0 Å². The lowest BCUT2D eigenvalue weighted by Crippen LogP contribution is -2.29. The minimum atomic E-state index is -4.78. The van der Waals surface area contributed by atoms with Crippen molar-refractivity contribution in [2.24, 2.45) is 5.92 Å². The number of hydrogen-bond donors (Lipinski definition) is 3. The molecule has 10 heteroatoms. The summed E-state index contributed by atoms with van der Waals surface area (Å²) in [5.74, 6) is -0.232. The molecule has 0 rings (SSSR count). The van der Waals surface area contributed by atoms with E-state index < -0.39 is 38.6 Å². The number of rotatable bonds is 33. The zero-order chi connectivity index (χ0) is 37.8. The maximum absolute atomic E-state index is 12.4. The molecule has 0 fully saturated rings. The van der Waals surface area contributed by atoms with Gasteiger partial charge >= 0.3 is 19.8 Å². The Bertz CT molecular complexity index is 1080. The number of carbonyl (C=O) groups is 2. The van der Waals surface area contributed by atoms with E-state index in [0.717, 1.165) is 44.4 Å². The average Bonchev–Trinajstić information content (AvgIpc) is 3.07. The van der Waals surface area contributed by atoms with Crippen LogP contribution in [0.1, 0.15) is 143 Å². The van der Waals surface area contributed by atoms with Gasteiger partial charge in [-0.1, -0.05) is 158 Å². The van der Waals surface area contributed by atoms with E-state index in [-0.39, 0.29) is 19.4 Å². The Morgan fingerprint density at radius 3 is 1.86 bits per heavy atom. The van der Waals surface area contributed by atoms with Gasteiger partial charge in [0.25, 0.3) is 0 Å². The fourth-order valence-electron chi connectivity index (χ4n) is 4.90. The minimum absolute atomic E-state index is 0.116. The highest BCUT2D eigenvalue weighted by molar-refractivity contribution is 7.46. The van der Waals surface area contributed by atoms with E-state index in [1.807, 2.05) is 48.6 Å². The number of hydrogen-bond acceptors (Lipinski definition) is 7. The molecule has 292 valence electrons. The maximum atomic E-state index is 12.4. The molecule has 0 aromatic carbocycles. The maximum Gasteiger partial charge on any atom is 0.469 e. The lowest BCUT2D eigenvalue weighted by atomic mass is 10.0. The number of unbranched alkanes of at least 4 members (excludes halogenated alkanes) is 9. The molecule has 0 aliphatic carbocycles. The fourth-order valence-corrected chi connectivity index (χ4v) is 5.26. The first-order valence-corrected chi connectivity index (χ1v) is 20.7. The number of phosphoric ester groups is 1. The molecule has 0 amide bonds. The molecule has 9 nitrogen and oxygen atoms in total. The van der Waals surface area contributed by atoms with Crippen LogP contribution in [0.4, 0.5) is 0 Å². The summed E-state index contributed by atoms with van der Waals surface area (Å²) in [5.41, 5.74) is 0. The zero-order valence-electron chi connectivity index (χ0n) is 31.7. The largest absolute Gasteiger partial charge is 0.469 e. The predicted octanol–water partition coefficient (Wildman–Crippen LogP) is 10.3. The average molecular weight is 737 g/mol. The second kappa shape index (κ2) is 34.5. The molecule has 0 radical (unpaired) electrons. The van der Waals surface area contributed by atoms with Crippen molar-refractivity contribution >= 4 is 19.8 Å². The summed E-state index contributed by atoms with van der Waals surface area (Å²) in [6.07, 6.45) is 39.6. The number of esters is 2. The summed E-state index contributed by atoms with van der Waals surface area (Å²) in [4.78, 5) is 42.7. The highest BCUT2D eigenvalue weighted by atomic mass is 31.2. The van der Waals surface area contributed by atoms with Gasteiger partial charge in [0.1, 0.15) is 6.61 Å². The van der Waals surface area contributed by atoms with Gasteiger partial charge in [0.05, 0.1) is 12.7 Å². The van der Waals surface area contributed by atoms with Crippen molar-refractivity contribution in [3.05, 3.63) is 72.9 Å². The van der Waals surface area contributed by atoms with E-state index in [4.69, 9.17) is 19.3 Å². The second-order valence-corrected chi connectivity index (χ2v) is 14.4. The van der Waals surface area contributed by atoms with Crippen molar-refractivity contribution < 1.29 is 43.0 Å². The third kappa shape index (κ3) is 38.5. The van der Waals surface area contributed by atoms with Gasteiger partial charge in [-0.3, -0.25) is 14.1 Å². The standard InChI is InChI=1S/C41H69O9P/c1-4-5-6-7-21-26-31-38(42)32-27-22-17-13-9-11-14-18-23-28-33-40(43)48-35-39(36-49-51(45,46)47)50-41(44)34-29-24-19-15-10-8-12-16-20-25-30-37(2)3/h5-6,9,11,17-18,21-23,26-27,32,37-39,42H,4,7-8,10,12-16,19-20,24-25,28-31,33-36H2,1-3H3,(H2,45,46,47)/b6-5-,11-9-,22-17-,23-18-,26-21-,32-27+/t38?,39-/m1/s1. The predicted molar refractivity (Wildman–Crippen MR) is 208 cm³/mol. The first-order valence-electron chi connectivity index (χ1n) is 19.2. The number of allylic oxidation sites excluding steroid dienone is 10. The van der Waals surface area contributed by atoms with Gasteiger partial charge in [-0.2, -0.15) is 0 Å². The van der Waals surface area contributed by atoms with Gasteiger partial charge in [-0.25, -0.2) is 4.57 Å². The van der Waals surface area contributed by atoms with Crippen molar-refractivity contribution in [1.29, 1.82) is 0 Å². The van der Waals surface area contributed by atoms with Gasteiger partial charge in [0, 0.05) is 12.8 Å². The molecular weight excluding hydrogens is 667 g/mol. The summed E-state index contributed by atoms with van der Waals surface area (Å²) in [5, 5.41) is 9.96. The first-order chi connectivity index (χ1) is 24.5. The monoisotopic (exact) mass is 736 g/mol. The van der Waals surface area contributed by atoms with Gasteiger partial charge in [0.15, 0.2) is 6.10 Å². The number of aliphatic hydroxyl groups is 1. The summed E-state index contributed by atoms with van der Waals surface area (Å²) in [6, 6.07) is 0. The molecule has 0 aromatic heterocycles. The Kier molecular flexibility index (Phi) is 32.8. The van der Waals surface area contributed by atoms with Crippen LogP contribution in [-0.4, -0.2) is 52.3 Å². The van der Waals surface area contributed by atoms with Crippen LogP contribution in [0.3, 0.4) is 0 Å². The van der Waals surface area contributed by atoms with Gasteiger partial charge in [0.2, 0.25) is 0 Å². The normalized spacial score (nSPS) is 14.0. The van der Waals surface area contributed by atoms with Crippen LogP contribution in [0.5, 0.6) is 0 Å². The summed E-state index contributed by atoms with van der Waals surface area (Å²) in [7, 11) is -4.78. The van der Waals surface area contributed by atoms with Gasteiger partial charge < -0.3 is 24.4 Å². The van der Waals surface area contributed by atoms with Crippen molar-refractivity contribution in [1.82, 2.24) is 0 Å². The Hall–Kier alpha value is -2.55. The summed E-state index contributed by atoms with van der Waals surface area (Å²) >= 11 is 0. The van der Waals surface area contributed by atoms with E-state index in [1.54, 1.807) is 6.08 Å². The van der Waals surface area contributed by atoms with Crippen molar-refractivity contribution in [2.45, 2.75) is 155 Å². The highest BCUT2D eigenvalue weighted by Gasteiger charge is 2.22. The fraction of sp³-hybridized carbons (Fsp3) is 0.659. The van der Waals surface area contributed by atoms with Gasteiger partial charge in [-0.05, 0) is 50.9 Å². The van der Waals surface area contributed by atoms with Crippen LogP contribution in [-0.2, 0) is 28.2 Å². The number of aliphatic hydroxyl groups excluding tert-OH is 1. The van der Waals surface area contributed by atoms with Crippen molar-refractivity contribution in [3.63, 3.8) is 0 Å². The zero-order valence-corrected chi connectivity index (χ0v) is 32.6. The molecule has 0 heterocycles. The molecule has 0 saturated carbocycles. The quantitative estimate of drug-likeness (QED) is 0.0197. The lowest BCUT2D eigenvalue weighted by molar-refractivity contribution is -0.161. The molecule has 0 bridgehead atoms. The second-order valence-electron chi connectivity index (χ2n) is 13.2. The van der Waals surface area contributed by atoms with Crippen molar-refractivity contribution in [2.75, 3.05) is 13.2 Å². The third-order valence-electron chi connectivity index (χ3n) is 7.76. The number of phosphoric acid groups is 1. The van der Waals surface area contributed by atoms with E-state index in [2.05, 4.69) is 43.5 Å². The topological polar surface area (TPSA) is 140 Å². The van der Waals surface area contributed by atoms with Crippen LogP contribution in [0, 0.1) is 5.92 Å². The van der Waals surface area contributed by atoms with Crippen LogP contribution in [0.25, 0.3) is 0 Å². The van der Waals surface area contributed by atoms with Crippen molar-refractivity contribution in [3.8, 4) is 0 Å². The van der Waals surface area contributed by atoms with E-state index in [1.165, 1.54) is 44.9 Å². The summed E-state index contributed by atoms with van der Waals surface area (Å²) in [6.45, 7) is 5.72. The molecule has 0 aliphatic rings. The van der Waals surface area contributed by atoms with E-state index in [0.29, 0.717) is 25.7 Å². The molecule has 51 heavy (non-hydrogen) atoms. The SMILES string of the molecule is CC/C=C\C/C=C\CC(O)/C=C/C=C\C/C=C\C/C=C\CCC(=O)OC[C@H](COP(=O)(O)O)OC(=O)CCCCCCCCCCCCC(C)C. The Morgan fingerprint density at radius 2 is 1.24 bits per heavy atom. The molecule has 0 aromatic rings. The molecule has 0 aliphatic heterocycles. The molecule has 2 atom stereocenters. The number of carbonyl (C=O) groups excluding carboxylic acids is 2. The molecular formula is C41H69O9P. The van der Waals surface area contributed by atoms with E-state index >= 15 is 0 Å². The summed E-state index contributed by atoms with van der Waals surface area (Å²) < 4.78 is 26.2. The Labute approximate surface area is 309 Å². The number of ether oxygens (including phenoxy) is 2. The Balaban J connectivity index is 4.17. The third-order valence-corrected chi connectivity index (χ3v) is 8.25. The molecule has 0 saturated heterocycles. The van der Waals surface area contributed by atoms with Crippen LogP contribution in [0.15, 0.2) is 72.9 Å². The Morgan fingerprint density at radius 1 is 0.667 bits per heavy atom. The molecule has 0 spiro atoms. The minimum Gasteiger partial charge on any atom is -0.462 e. The highest BCUT2D eigenvalue weighted by Crippen LogP contribution is 2.36. The smallest absolute Gasteiger partial charge is 0.462 e.